The zero-order valence-corrected chi connectivity index (χ0v) is 16.4. The minimum atomic E-state index is -0.922. The van der Waals surface area contributed by atoms with E-state index in [1.807, 2.05) is 13.8 Å². The summed E-state index contributed by atoms with van der Waals surface area (Å²) >= 11 is 0. The van der Waals surface area contributed by atoms with Crippen molar-refractivity contribution in [2.75, 3.05) is 13.2 Å². The highest BCUT2D eigenvalue weighted by Crippen LogP contribution is 2.12. The summed E-state index contributed by atoms with van der Waals surface area (Å²) in [6.07, 6.45) is -0.0216. The van der Waals surface area contributed by atoms with Crippen LogP contribution in [0.4, 0.5) is 4.39 Å². The van der Waals surface area contributed by atoms with Crippen LogP contribution >= 0.6 is 0 Å². The number of halogens is 1. The number of nitrogens with one attached hydrogen (secondary N) is 2. The van der Waals surface area contributed by atoms with Crippen LogP contribution in [0.15, 0.2) is 30.5 Å². The molecule has 2 amide bonds. The van der Waals surface area contributed by atoms with Gasteiger partial charge < -0.3 is 14.2 Å². The lowest BCUT2D eigenvalue weighted by molar-refractivity contribution is -0.145. The first-order valence-electron chi connectivity index (χ1n) is 9.08. The molecule has 0 saturated heterocycles. The van der Waals surface area contributed by atoms with Crippen LogP contribution < -0.4 is 15.6 Å². The van der Waals surface area contributed by atoms with Crippen LogP contribution in [0.25, 0.3) is 0 Å². The molecule has 2 aromatic rings. The standard InChI is InChI=1S/C18H24FN5O5/c1-4-27-16(28-5-2)11-24-10-15(20-23-24)18(26)22-21-17(25)12(3)29-14-8-6-13(19)7-9-14/h6-10,12,16H,4-5,11H2,1-3H3,(H,21,25)(H,22,26). The molecule has 2 rings (SSSR count). The third-order valence-electron chi connectivity index (χ3n) is 3.61. The Hall–Kier alpha value is -3.05. The second-order valence-electron chi connectivity index (χ2n) is 5.82. The Labute approximate surface area is 167 Å². The molecule has 0 aliphatic rings. The number of hydrazine groups is 1. The highest BCUT2D eigenvalue weighted by molar-refractivity contribution is 5.93. The van der Waals surface area contributed by atoms with Gasteiger partial charge in [-0.25, -0.2) is 9.07 Å². The van der Waals surface area contributed by atoms with Gasteiger partial charge in [-0.3, -0.25) is 20.4 Å². The van der Waals surface area contributed by atoms with Crippen LogP contribution in [0, 0.1) is 5.82 Å². The summed E-state index contributed by atoms with van der Waals surface area (Å²) in [5.41, 5.74) is 4.48. The lowest BCUT2D eigenvalue weighted by Gasteiger charge is -2.16. The Morgan fingerprint density at radius 2 is 1.79 bits per heavy atom. The number of ether oxygens (including phenoxy) is 3. The normalized spacial score (nSPS) is 11.9. The van der Waals surface area contributed by atoms with Crippen molar-refractivity contribution in [1.29, 1.82) is 0 Å². The van der Waals surface area contributed by atoms with E-state index in [0.29, 0.717) is 19.0 Å². The first-order chi connectivity index (χ1) is 13.9. The van der Waals surface area contributed by atoms with E-state index in [-0.39, 0.29) is 12.2 Å². The number of hydrogen-bond acceptors (Lipinski definition) is 7. The molecule has 0 bridgehead atoms. The number of nitrogens with zero attached hydrogens (tertiary/aromatic N) is 3. The highest BCUT2D eigenvalue weighted by Gasteiger charge is 2.18. The Morgan fingerprint density at radius 1 is 1.14 bits per heavy atom. The maximum Gasteiger partial charge on any atom is 0.291 e. The molecule has 1 aromatic carbocycles. The lowest BCUT2D eigenvalue weighted by Crippen LogP contribution is -2.47. The Kier molecular flexibility index (Phi) is 8.49. The summed E-state index contributed by atoms with van der Waals surface area (Å²) in [6.45, 7) is 6.37. The Bertz CT molecular complexity index is 792. The number of hydrogen-bond donors (Lipinski definition) is 2. The van der Waals surface area contributed by atoms with Crippen molar-refractivity contribution < 1.29 is 28.2 Å². The van der Waals surface area contributed by atoms with Crippen LogP contribution in [0.5, 0.6) is 5.75 Å². The molecule has 0 saturated carbocycles. The summed E-state index contributed by atoms with van der Waals surface area (Å²) < 4.78 is 30.5. The van der Waals surface area contributed by atoms with Crippen molar-refractivity contribution in [2.24, 2.45) is 0 Å². The first kappa shape index (κ1) is 22.2. The number of benzene rings is 1. The van der Waals surface area contributed by atoms with Crippen molar-refractivity contribution in [3.8, 4) is 5.75 Å². The van der Waals surface area contributed by atoms with Crippen LogP contribution in [0.2, 0.25) is 0 Å². The van der Waals surface area contributed by atoms with Gasteiger partial charge in [0.2, 0.25) is 0 Å². The predicted octanol–water partition coefficient (Wildman–Crippen LogP) is 1.04. The van der Waals surface area contributed by atoms with Crippen molar-refractivity contribution >= 4 is 11.8 Å². The van der Waals surface area contributed by atoms with E-state index in [9.17, 15) is 14.0 Å². The van der Waals surface area contributed by atoms with Crippen LogP contribution in [-0.2, 0) is 20.8 Å². The van der Waals surface area contributed by atoms with Gasteiger partial charge in [-0.15, -0.1) is 5.10 Å². The molecule has 10 nitrogen and oxygen atoms in total. The van der Waals surface area contributed by atoms with Crippen LogP contribution in [0.3, 0.4) is 0 Å². The molecule has 1 aromatic heterocycles. The molecule has 0 fully saturated rings. The molecule has 11 heteroatoms. The second-order valence-corrected chi connectivity index (χ2v) is 5.82. The topological polar surface area (TPSA) is 117 Å². The van der Waals surface area contributed by atoms with E-state index in [1.165, 1.54) is 42.1 Å². The van der Waals surface area contributed by atoms with E-state index in [0.717, 1.165) is 0 Å². The van der Waals surface area contributed by atoms with Crippen molar-refractivity contribution in [2.45, 2.75) is 39.7 Å². The Morgan fingerprint density at radius 3 is 2.41 bits per heavy atom. The zero-order chi connectivity index (χ0) is 21.2. The van der Waals surface area contributed by atoms with Crippen molar-refractivity contribution in [3.63, 3.8) is 0 Å². The minimum Gasteiger partial charge on any atom is -0.481 e. The quantitative estimate of drug-likeness (QED) is 0.445. The highest BCUT2D eigenvalue weighted by atomic mass is 19.1. The lowest BCUT2D eigenvalue weighted by atomic mass is 10.3. The molecule has 1 atom stereocenters. The summed E-state index contributed by atoms with van der Waals surface area (Å²) in [4.78, 5) is 24.2. The van der Waals surface area contributed by atoms with E-state index < -0.39 is 30.0 Å². The summed E-state index contributed by atoms with van der Waals surface area (Å²) in [5.74, 6) is -1.34. The monoisotopic (exact) mass is 409 g/mol. The molecule has 158 valence electrons. The van der Waals surface area contributed by atoms with Gasteiger partial charge >= 0.3 is 0 Å². The maximum absolute atomic E-state index is 12.9. The number of rotatable bonds is 10. The molecule has 1 heterocycles. The second kappa shape index (κ2) is 11.1. The fourth-order valence-electron chi connectivity index (χ4n) is 2.22. The van der Waals surface area contributed by atoms with E-state index >= 15 is 0 Å². The fraction of sp³-hybridized carbons (Fsp3) is 0.444. The largest absolute Gasteiger partial charge is 0.481 e. The Balaban J connectivity index is 1.83. The first-order valence-corrected chi connectivity index (χ1v) is 9.08. The summed E-state index contributed by atoms with van der Waals surface area (Å²) in [7, 11) is 0. The van der Waals surface area contributed by atoms with Gasteiger partial charge in [0.15, 0.2) is 18.1 Å². The molecule has 2 N–H and O–H groups in total. The van der Waals surface area contributed by atoms with Crippen molar-refractivity contribution in [3.05, 3.63) is 42.0 Å². The van der Waals surface area contributed by atoms with Crippen LogP contribution in [0.1, 0.15) is 31.3 Å². The average Bonchev–Trinajstić information content (AvgIpc) is 3.16. The minimum absolute atomic E-state index is 0.00385. The van der Waals surface area contributed by atoms with Gasteiger partial charge in [-0.2, -0.15) is 0 Å². The number of carbonyl (C=O) groups is 2. The number of amides is 2. The van der Waals surface area contributed by atoms with E-state index in [4.69, 9.17) is 14.2 Å². The molecular formula is C18H24FN5O5. The molecule has 0 aliphatic carbocycles. The number of aromatic nitrogens is 3. The van der Waals surface area contributed by atoms with Crippen molar-refractivity contribution in [1.82, 2.24) is 25.8 Å². The van der Waals surface area contributed by atoms with E-state index in [2.05, 4.69) is 21.2 Å². The molecule has 1 unspecified atom stereocenters. The van der Waals surface area contributed by atoms with Gasteiger partial charge in [-0.05, 0) is 45.0 Å². The molecular weight excluding hydrogens is 385 g/mol. The predicted molar refractivity (Wildman–Crippen MR) is 99.2 cm³/mol. The van der Waals surface area contributed by atoms with Gasteiger partial charge in [0, 0.05) is 13.2 Å². The SMILES string of the molecule is CCOC(Cn1cc(C(=O)NNC(=O)C(C)Oc2ccc(F)cc2)nn1)OCC. The maximum atomic E-state index is 12.9. The van der Waals surface area contributed by atoms with Gasteiger partial charge in [-0.1, -0.05) is 5.21 Å². The zero-order valence-electron chi connectivity index (χ0n) is 16.4. The molecule has 0 spiro atoms. The third-order valence-corrected chi connectivity index (χ3v) is 3.61. The van der Waals surface area contributed by atoms with E-state index in [1.54, 1.807) is 0 Å². The number of carbonyl (C=O) groups excluding carboxylic acids is 2. The molecule has 0 radical (unpaired) electrons. The summed E-state index contributed by atoms with van der Waals surface area (Å²) in [5, 5.41) is 7.60. The molecule has 29 heavy (non-hydrogen) atoms. The molecule has 0 aliphatic heterocycles. The third kappa shape index (κ3) is 7.12. The van der Waals surface area contributed by atoms with Gasteiger partial charge in [0.25, 0.3) is 11.8 Å². The van der Waals surface area contributed by atoms with Crippen LogP contribution in [-0.4, -0.2) is 52.4 Å². The smallest absolute Gasteiger partial charge is 0.291 e. The van der Waals surface area contributed by atoms with Gasteiger partial charge in [0.1, 0.15) is 11.6 Å². The fourth-order valence-corrected chi connectivity index (χ4v) is 2.22. The summed E-state index contributed by atoms with van der Waals surface area (Å²) in [6, 6.07) is 5.22. The average molecular weight is 409 g/mol. The van der Waals surface area contributed by atoms with Gasteiger partial charge in [0.05, 0.1) is 12.7 Å².